The van der Waals surface area contributed by atoms with Crippen LogP contribution in [0.3, 0.4) is 0 Å². The van der Waals surface area contributed by atoms with Crippen molar-refractivity contribution in [1.82, 2.24) is 4.90 Å². The second-order valence-corrected chi connectivity index (χ2v) is 6.18. The maximum absolute atomic E-state index is 14.1. The highest BCUT2D eigenvalue weighted by atomic mass is 32.1. The molecule has 0 bridgehead atoms. The van der Waals surface area contributed by atoms with Crippen molar-refractivity contribution in [3.63, 3.8) is 0 Å². The Hall–Kier alpha value is -1.23. The van der Waals surface area contributed by atoms with Crippen molar-refractivity contribution in [2.75, 3.05) is 0 Å². The van der Waals surface area contributed by atoms with E-state index in [1.165, 1.54) is 18.4 Å². The number of hydrogen-bond acceptors (Lipinski definition) is 3. The fraction of sp³-hybridized carbons (Fsp3) is 0.375. The van der Waals surface area contributed by atoms with E-state index in [9.17, 15) is 4.39 Å². The van der Waals surface area contributed by atoms with Gasteiger partial charge in [0, 0.05) is 31.2 Å². The van der Waals surface area contributed by atoms with Gasteiger partial charge in [-0.3, -0.25) is 4.90 Å². The zero-order valence-corrected chi connectivity index (χ0v) is 12.2. The van der Waals surface area contributed by atoms with Gasteiger partial charge in [-0.15, -0.1) is 0 Å². The number of hydrogen-bond donors (Lipinski definition) is 1. The molecule has 1 aliphatic carbocycles. The smallest absolute Gasteiger partial charge is 0.128 e. The lowest BCUT2D eigenvalue weighted by molar-refractivity contribution is 0.242. The van der Waals surface area contributed by atoms with Gasteiger partial charge in [0.1, 0.15) is 5.82 Å². The molecule has 1 aromatic carbocycles. The molecule has 3 rings (SSSR count). The molecule has 0 amide bonds. The van der Waals surface area contributed by atoms with Crippen LogP contribution in [0.1, 0.15) is 29.5 Å². The highest BCUT2D eigenvalue weighted by Crippen LogP contribution is 2.30. The third-order valence-electron chi connectivity index (χ3n) is 3.76. The summed E-state index contributed by atoms with van der Waals surface area (Å²) < 4.78 is 14.1. The van der Waals surface area contributed by atoms with Crippen LogP contribution < -0.4 is 5.73 Å². The van der Waals surface area contributed by atoms with Gasteiger partial charge in [-0.2, -0.15) is 11.3 Å². The zero-order valence-electron chi connectivity index (χ0n) is 11.4. The molecule has 1 heterocycles. The number of benzene rings is 1. The Bertz CT molecular complexity index is 564. The summed E-state index contributed by atoms with van der Waals surface area (Å²) in [6.45, 7) is 1.97. The summed E-state index contributed by atoms with van der Waals surface area (Å²) in [5.41, 5.74) is 8.48. The summed E-state index contributed by atoms with van der Waals surface area (Å²) in [7, 11) is 0. The van der Waals surface area contributed by atoms with Gasteiger partial charge in [0.05, 0.1) is 0 Å². The van der Waals surface area contributed by atoms with Crippen molar-refractivity contribution >= 4 is 11.3 Å². The second-order valence-electron chi connectivity index (χ2n) is 5.40. The van der Waals surface area contributed by atoms with Gasteiger partial charge in [-0.1, -0.05) is 12.1 Å². The number of rotatable bonds is 6. The molecule has 0 unspecified atom stereocenters. The average Bonchev–Trinajstić information content (AvgIpc) is 3.18. The van der Waals surface area contributed by atoms with Crippen LogP contribution in [-0.4, -0.2) is 10.9 Å². The van der Waals surface area contributed by atoms with Gasteiger partial charge in [0.15, 0.2) is 0 Å². The Morgan fingerprint density at radius 3 is 2.65 bits per heavy atom. The first-order chi connectivity index (χ1) is 9.76. The Labute approximate surface area is 123 Å². The molecule has 0 spiro atoms. The van der Waals surface area contributed by atoms with Crippen LogP contribution >= 0.6 is 11.3 Å². The molecule has 2 nitrogen and oxygen atoms in total. The minimum atomic E-state index is -0.135. The summed E-state index contributed by atoms with van der Waals surface area (Å²) in [6, 6.07) is 8.12. The predicted octanol–water partition coefficient (Wildman–Crippen LogP) is 3.51. The quantitative estimate of drug-likeness (QED) is 0.882. The number of nitrogens with two attached hydrogens (primary N) is 1. The Morgan fingerprint density at radius 1 is 1.20 bits per heavy atom. The first-order valence-electron chi connectivity index (χ1n) is 6.99. The molecule has 4 heteroatoms. The van der Waals surface area contributed by atoms with Crippen molar-refractivity contribution in [2.24, 2.45) is 5.73 Å². The van der Waals surface area contributed by atoms with Crippen molar-refractivity contribution in [2.45, 2.75) is 38.5 Å². The molecule has 0 saturated heterocycles. The predicted molar refractivity (Wildman–Crippen MR) is 80.9 cm³/mol. The van der Waals surface area contributed by atoms with E-state index in [4.69, 9.17) is 5.73 Å². The maximum atomic E-state index is 14.1. The monoisotopic (exact) mass is 290 g/mol. The summed E-state index contributed by atoms with van der Waals surface area (Å²) in [4.78, 5) is 2.38. The van der Waals surface area contributed by atoms with E-state index in [1.54, 1.807) is 17.4 Å². The van der Waals surface area contributed by atoms with Crippen LogP contribution in [0.15, 0.2) is 35.0 Å². The third-order valence-corrected chi connectivity index (χ3v) is 4.49. The maximum Gasteiger partial charge on any atom is 0.128 e. The van der Waals surface area contributed by atoms with Crippen molar-refractivity contribution in [3.05, 3.63) is 57.5 Å². The lowest BCUT2D eigenvalue weighted by Gasteiger charge is -2.22. The van der Waals surface area contributed by atoms with E-state index in [-0.39, 0.29) is 5.82 Å². The summed E-state index contributed by atoms with van der Waals surface area (Å²) >= 11 is 1.71. The normalized spacial score (nSPS) is 14.9. The van der Waals surface area contributed by atoms with E-state index < -0.39 is 0 Å². The van der Waals surface area contributed by atoms with Crippen LogP contribution in [0.2, 0.25) is 0 Å². The highest BCUT2D eigenvalue weighted by molar-refractivity contribution is 7.07. The molecule has 106 valence electrons. The van der Waals surface area contributed by atoms with E-state index in [0.717, 1.165) is 17.7 Å². The molecule has 0 radical (unpaired) electrons. The molecule has 0 atom stereocenters. The molecule has 20 heavy (non-hydrogen) atoms. The number of halogens is 1. The first kappa shape index (κ1) is 13.7. The fourth-order valence-corrected chi connectivity index (χ4v) is 3.10. The number of nitrogens with zero attached hydrogens (tertiary/aromatic N) is 1. The molecule has 0 aliphatic heterocycles. The van der Waals surface area contributed by atoms with Gasteiger partial charge in [0.25, 0.3) is 0 Å². The summed E-state index contributed by atoms with van der Waals surface area (Å²) in [5.74, 6) is -0.135. The largest absolute Gasteiger partial charge is 0.326 e. The first-order valence-corrected chi connectivity index (χ1v) is 7.93. The minimum Gasteiger partial charge on any atom is -0.326 e. The van der Waals surface area contributed by atoms with Crippen LogP contribution in [0.4, 0.5) is 4.39 Å². The molecule has 1 aliphatic rings. The third kappa shape index (κ3) is 3.26. The molecule has 2 N–H and O–H groups in total. The van der Waals surface area contributed by atoms with Gasteiger partial charge >= 0.3 is 0 Å². The van der Waals surface area contributed by atoms with Gasteiger partial charge < -0.3 is 5.73 Å². The van der Waals surface area contributed by atoms with Gasteiger partial charge in [-0.05, 0) is 46.9 Å². The fourth-order valence-electron chi connectivity index (χ4n) is 2.44. The van der Waals surface area contributed by atoms with Crippen molar-refractivity contribution in [3.8, 4) is 0 Å². The average molecular weight is 290 g/mol. The highest BCUT2D eigenvalue weighted by Gasteiger charge is 2.29. The molecule has 1 fully saturated rings. The van der Waals surface area contributed by atoms with Crippen LogP contribution in [0, 0.1) is 5.82 Å². The molecule has 2 aromatic rings. The zero-order chi connectivity index (χ0) is 13.9. The lowest BCUT2D eigenvalue weighted by atomic mass is 10.1. The molecule has 1 saturated carbocycles. The Morgan fingerprint density at radius 2 is 2.05 bits per heavy atom. The lowest BCUT2D eigenvalue weighted by Crippen LogP contribution is -2.25. The Kier molecular flexibility index (Phi) is 4.15. The minimum absolute atomic E-state index is 0.135. The topological polar surface area (TPSA) is 29.3 Å². The SMILES string of the molecule is NCc1ccc(CN(Cc2ccsc2)C2CC2)c(F)c1. The van der Waals surface area contributed by atoms with Crippen LogP contribution in [-0.2, 0) is 19.6 Å². The van der Waals surface area contributed by atoms with Crippen LogP contribution in [0.25, 0.3) is 0 Å². The standard InChI is InChI=1S/C16H19FN2S/c17-16-7-12(8-18)1-2-14(16)10-19(15-3-4-15)9-13-5-6-20-11-13/h1-2,5-7,11,15H,3-4,8-10,18H2. The van der Waals surface area contributed by atoms with Gasteiger partial charge in [-0.25, -0.2) is 4.39 Å². The van der Waals surface area contributed by atoms with E-state index in [2.05, 4.69) is 21.7 Å². The molecular weight excluding hydrogens is 271 g/mol. The van der Waals surface area contributed by atoms with Crippen molar-refractivity contribution in [1.29, 1.82) is 0 Å². The van der Waals surface area contributed by atoms with E-state index in [1.807, 2.05) is 12.1 Å². The van der Waals surface area contributed by atoms with Crippen molar-refractivity contribution < 1.29 is 4.39 Å². The molecule has 1 aromatic heterocycles. The van der Waals surface area contributed by atoms with Crippen LogP contribution in [0.5, 0.6) is 0 Å². The second kappa shape index (κ2) is 6.04. The number of thiophene rings is 1. The van der Waals surface area contributed by atoms with E-state index in [0.29, 0.717) is 19.1 Å². The summed E-state index contributed by atoms with van der Waals surface area (Å²) in [6.07, 6.45) is 2.46. The molecular formula is C16H19FN2S. The van der Waals surface area contributed by atoms with Gasteiger partial charge in [0.2, 0.25) is 0 Å². The summed E-state index contributed by atoms with van der Waals surface area (Å²) in [5, 5.41) is 4.26. The Balaban J connectivity index is 1.73. The van der Waals surface area contributed by atoms with E-state index >= 15 is 0 Å².